The van der Waals surface area contributed by atoms with Crippen LogP contribution in [0, 0.1) is 0 Å². The van der Waals surface area contributed by atoms with Gasteiger partial charge >= 0.3 is 0 Å². The molecule has 0 radical (unpaired) electrons. The molecule has 0 amide bonds. The van der Waals surface area contributed by atoms with Crippen LogP contribution in [0.3, 0.4) is 0 Å². The van der Waals surface area contributed by atoms with Crippen molar-refractivity contribution in [3.05, 3.63) is 28.8 Å². The highest BCUT2D eigenvalue weighted by Gasteiger charge is 2.15. The molecule has 0 aliphatic rings. The number of rotatable bonds is 6. The lowest BCUT2D eigenvalue weighted by atomic mass is 10.0. The largest absolute Gasteiger partial charge is 0.369 e. The fraction of sp³-hybridized carbons (Fsp3) is 0.600. The Bertz CT molecular complexity index is 375. The van der Waals surface area contributed by atoms with E-state index in [1.807, 2.05) is 13.0 Å². The molecule has 0 aromatic heterocycles. The molecule has 0 fully saturated rings. The summed E-state index contributed by atoms with van der Waals surface area (Å²) in [7, 11) is 0. The van der Waals surface area contributed by atoms with Crippen molar-refractivity contribution in [2.75, 3.05) is 11.4 Å². The van der Waals surface area contributed by atoms with Crippen molar-refractivity contribution in [1.82, 2.24) is 0 Å². The molecule has 2 nitrogen and oxygen atoms in total. The van der Waals surface area contributed by atoms with E-state index in [0.717, 1.165) is 24.4 Å². The van der Waals surface area contributed by atoms with Gasteiger partial charge in [-0.1, -0.05) is 24.6 Å². The Kier molecular flexibility index (Phi) is 5.97. The zero-order valence-electron chi connectivity index (χ0n) is 11.9. The fourth-order valence-electron chi connectivity index (χ4n) is 2.22. The van der Waals surface area contributed by atoms with Gasteiger partial charge in [0.05, 0.1) is 0 Å². The maximum Gasteiger partial charge on any atom is 0.0426 e. The van der Waals surface area contributed by atoms with E-state index in [2.05, 4.69) is 37.8 Å². The Labute approximate surface area is 116 Å². The van der Waals surface area contributed by atoms with E-state index in [1.54, 1.807) is 0 Å². The summed E-state index contributed by atoms with van der Waals surface area (Å²) in [6.45, 7) is 9.71. The van der Waals surface area contributed by atoms with E-state index < -0.39 is 0 Å². The summed E-state index contributed by atoms with van der Waals surface area (Å²) in [4.78, 5) is 2.41. The second kappa shape index (κ2) is 7.01. The summed E-state index contributed by atoms with van der Waals surface area (Å²) in [5, 5.41) is 0.792. The minimum Gasteiger partial charge on any atom is -0.369 e. The SMILES string of the molecule is CCCN(c1cc(Cl)ccc1CC(C)N)C(C)C. The van der Waals surface area contributed by atoms with Gasteiger partial charge in [-0.05, 0) is 51.3 Å². The van der Waals surface area contributed by atoms with Crippen LogP contribution in [0.4, 0.5) is 5.69 Å². The first-order chi connectivity index (χ1) is 8.45. The van der Waals surface area contributed by atoms with Crippen molar-refractivity contribution in [2.45, 2.75) is 52.6 Å². The zero-order valence-corrected chi connectivity index (χ0v) is 12.7. The topological polar surface area (TPSA) is 29.3 Å². The smallest absolute Gasteiger partial charge is 0.0426 e. The Hall–Kier alpha value is -0.730. The van der Waals surface area contributed by atoms with Gasteiger partial charge in [0.15, 0.2) is 0 Å². The van der Waals surface area contributed by atoms with Gasteiger partial charge in [0.2, 0.25) is 0 Å². The molecular weight excluding hydrogens is 244 g/mol. The predicted molar refractivity (Wildman–Crippen MR) is 81.6 cm³/mol. The summed E-state index contributed by atoms with van der Waals surface area (Å²) in [5.41, 5.74) is 8.45. The molecule has 0 saturated heterocycles. The van der Waals surface area contributed by atoms with Crippen molar-refractivity contribution in [3.8, 4) is 0 Å². The lowest BCUT2D eigenvalue weighted by Crippen LogP contribution is -2.33. The van der Waals surface area contributed by atoms with Crippen molar-refractivity contribution < 1.29 is 0 Å². The van der Waals surface area contributed by atoms with Crippen molar-refractivity contribution in [1.29, 1.82) is 0 Å². The molecule has 1 atom stereocenters. The molecule has 0 aliphatic heterocycles. The molecule has 0 saturated carbocycles. The average molecular weight is 269 g/mol. The van der Waals surface area contributed by atoms with Gasteiger partial charge in [-0.3, -0.25) is 0 Å². The summed E-state index contributed by atoms with van der Waals surface area (Å²) in [5.74, 6) is 0. The summed E-state index contributed by atoms with van der Waals surface area (Å²) < 4.78 is 0. The maximum atomic E-state index is 6.14. The second-order valence-electron chi connectivity index (χ2n) is 5.24. The van der Waals surface area contributed by atoms with Crippen molar-refractivity contribution in [2.24, 2.45) is 5.73 Å². The maximum absolute atomic E-state index is 6.14. The molecule has 1 aromatic rings. The molecule has 102 valence electrons. The van der Waals surface area contributed by atoms with Crippen LogP contribution in [0.5, 0.6) is 0 Å². The first-order valence-electron chi connectivity index (χ1n) is 6.76. The lowest BCUT2D eigenvalue weighted by molar-refractivity contribution is 0.661. The second-order valence-corrected chi connectivity index (χ2v) is 5.68. The van der Waals surface area contributed by atoms with Crippen LogP contribution in [-0.4, -0.2) is 18.6 Å². The molecular formula is C15H25ClN2. The van der Waals surface area contributed by atoms with E-state index in [9.17, 15) is 0 Å². The quantitative estimate of drug-likeness (QED) is 0.849. The molecule has 0 aliphatic carbocycles. The molecule has 1 unspecified atom stereocenters. The number of hydrogen-bond donors (Lipinski definition) is 1. The van der Waals surface area contributed by atoms with Crippen molar-refractivity contribution in [3.63, 3.8) is 0 Å². The van der Waals surface area contributed by atoms with E-state index in [0.29, 0.717) is 6.04 Å². The van der Waals surface area contributed by atoms with E-state index >= 15 is 0 Å². The van der Waals surface area contributed by atoms with Gasteiger partial charge in [0, 0.05) is 29.3 Å². The lowest BCUT2D eigenvalue weighted by Gasteiger charge is -2.31. The third-order valence-electron chi connectivity index (χ3n) is 2.99. The van der Waals surface area contributed by atoms with Crippen LogP contribution < -0.4 is 10.6 Å². The summed E-state index contributed by atoms with van der Waals surface area (Å²) in [6, 6.07) is 6.75. The van der Waals surface area contributed by atoms with Crippen molar-refractivity contribution >= 4 is 17.3 Å². The number of nitrogens with zero attached hydrogens (tertiary/aromatic N) is 1. The fourth-order valence-corrected chi connectivity index (χ4v) is 2.39. The monoisotopic (exact) mass is 268 g/mol. The van der Waals surface area contributed by atoms with E-state index in [-0.39, 0.29) is 6.04 Å². The molecule has 3 heteroatoms. The Balaban J connectivity index is 3.12. The third kappa shape index (κ3) is 4.18. The van der Waals surface area contributed by atoms with Gasteiger partial charge in [-0.25, -0.2) is 0 Å². The number of benzene rings is 1. The summed E-state index contributed by atoms with van der Waals surface area (Å²) in [6.07, 6.45) is 2.02. The summed E-state index contributed by atoms with van der Waals surface area (Å²) >= 11 is 6.14. The molecule has 2 N–H and O–H groups in total. The molecule has 1 aromatic carbocycles. The van der Waals surface area contributed by atoms with Gasteiger partial charge < -0.3 is 10.6 Å². The number of hydrogen-bond acceptors (Lipinski definition) is 2. The van der Waals surface area contributed by atoms with Gasteiger partial charge in [0.1, 0.15) is 0 Å². The van der Waals surface area contributed by atoms with Gasteiger partial charge in [-0.2, -0.15) is 0 Å². The number of halogens is 1. The molecule has 0 spiro atoms. The Morgan fingerprint density at radius 1 is 1.28 bits per heavy atom. The zero-order chi connectivity index (χ0) is 13.7. The minimum atomic E-state index is 0.167. The molecule has 1 rings (SSSR count). The normalized spacial score (nSPS) is 12.8. The molecule has 0 bridgehead atoms. The highest BCUT2D eigenvalue weighted by atomic mass is 35.5. The Morgan fingerprint density at radius 2 is 1.94 bits per heavy atom. The van der Waals surface area contributed by atoms with Crippen LogP contribution in [0.1, 0.15) is 39.7 Å². The Morgan fingerprint density at radius 3 is 2.44 bits per heavy atom. The first kappa shape index (κ1) is 15.3. The van der Waals surface area contributed by atoms with E-state index in [1.165, 1.54) is 11.3 Å². The minimum absolute atomic E-state index is 0.167. The number of nitrogens with two attached hydrogens (primary N) is 1. The number of anilines is 1. The molecule has 18 heavy (non-hydrogen) atoms. The standard InChI is InChI=1S/C15H25ClN2/c1-5-8-18(11(2)3)15-10-14(16)7-6-13(15)9-12(4)17/h6-7,10-12H,5,8-9,17H2,1-4H3. The first-order valence-corrected chi connectivity index (χ1v) is 7.14. The molecule has 0 heterocycles. The van der Waals surface area contributed by atoms with Crippen LogP contribution >= 0.6 is 11.6 Å². The van der Waals surface area contributed by atoms with Crippen LogP contribution in [-0.2, 0) is 6.42 Å². The van der Waals surface area contributed by atoms with Crippen LogP contribution in [0.2, 0.25) is 5.02 Å². The van der Waals surface area contributed by atoms with Gasteiger partial charge in [0.25, 0.3) is 0 Å². The highest BCUT2D eigenvalue weighted by Crippen LogP contribution is 2.27. The highest BCUT2D eigenvalue weighted by molar-refractivity contribution is 6.30. The van der Waals surface area contributed by atoms with E-state index in [4.69, 9.17) is 17.3 Å². The predicted octanol–water partition coefficient (Wildman–Crippen LogP) is 3.85. The van der Waals surface area contributed by atoms with Crippen LogP contribution in [0.15, 0.2) is 18.2 Å². The van der Waals surface area contributed by atoms with Gasteiger partial charge in [-0.15, -0.1) is 0 Å². The third-order valence-corrected chi connectivity index (χ3v) is 3.22. The average Bonchev–Trinajstić information content (AvgIpc) is 2.27. The van der Waals surface area contributed by atoms with Crippen LogP contribution in [0.25, 0.3) is 0 Å².